The molecule has 2 aromatic carbocycles. The molecule has 0 amide bonds. The van der Waals surface area contributed by atoms with Crippen LogP contribution in [0.25, 0.3) is 16.9 Å². The number of nitrogens with zero attached hydrogens (tertiary/aromatic N) is 3. The van der Waals surface area contributed by atoms with Crippen LogP contribution in [0.5, 0.6) is 17.2 Å². The van der Waals surface area contributed by atoms with E-state index in [1.807, 2.05) is 29.7 Å². The third-order valence-corrected chi connectivity index (χ3v) is 5.66. The summed E-state index contributed by atoms with van der Waals surface area (Å²) in [7, 11) is 1.50. The highest BCUT2D eigenvalue weighted by molar-refractivity contribution is 9.11. The molecule has 0 saturated carbocycles. The summed E-state index contributed by atoms with van der Waals surface area (Å²) < 4.78 is 8.50. The van der Waals surface area contributed by atoms with Crippen LogP contribution in [0.2, 0.25) is 0 Å². The number of phenols is 2. The number of aromatic nitrogens is 2. The number of aliphatic imine (C=N–C) groups is 1. The Bertz CT molecular complexity index is 1300. The highest BCUT2D eigenvalue weighted by atomic mass is 79.9. The normalized spacial score (nSPS) is 11.5. The van der Waals surface area contributed by atoms with Crippen LogP contribution in [0.4, 0.5) is 5.82 Å². The van der Waals surface area contributed by atoms with Crippen molar-refractivity contribution in [3.05, 3.63) is 68.7 Å². The Morgan fingerprint density at radius 2 is 1.90 bits per heavy atom. The van der Waals surface area contributed by atoms with Gasteiger partial charge in [-0.25, -0.2) is 9.98 Å². The minimum atomic E-state index is 0.0508. The lowest BCUT2D eigenvalue weighted by atomic mass is 10.1. The number of benzene rings is 2. The highest BCUT2D eigenvalue weighted by Crippen LogP contribution is 2.37. The zero-order valence-electron chi connectivity index (χ0n) is 16.1. The van der Waals surface area contributed by atoms with Gasteiger partial charge in [-0.2, -0.15) is 0 Å². The van der Waals surface area contributed by atoms with E-state index in [1.165, 1.54) is 7.11 Å². The Morgan fingerprint density at radius 3 is 2.67 bits per heavy atom. The van der Waals surface area contributed by atoms with Crippen molar-refractivity contribution in [3.8, 4) is 28.5 Å². The van der Waals surface area contributed by atoms with Crippen molar-refractivity contribution in [3.63, 3.8) is 0 Å². The first-order valence-corrected chi connectivity index (χ1v) is 10.5. The first-order valence-electron chi connectivity index (χ1n) is 8.95. The fourth-order valence-corrected chi connectivity index (χ4v) is 4.35. The van der Waals surface area contributed by atoms with E-state index in [2.05, 4.69) is 36.9 Å². The molecule has 30 heavy (non-hydrogen) atoms. The number of rotatable bonds is 4. The smallest absolute Gasteiger partial charge is 0.165 e. The van der Waals surface area contributed by atoms with Crippen LogP contribution in [0, 0.1) is 6.92 Å². The number of halogens is 2. The van der Waals surface area contributed by atoms with E-state index in [9.17, 15) is 10.2 Å². The predicted octanol–water partition coefficient (Wildman–Crippen LogP) is 6.01. The predicted molar refractivity (Wildman–Crippen MR) is 124 cm³/mol. The molecule has 8 heteroatoms. The van der Waals surface area contributed by atoms with Crippen LogP contribution in [0.15, 0.2) is 62.6 Å². The van der Waals surface area contributed by atoms with Crippen molar-refractivity contribution in [1.82, 2.24) is 9.38 Å². The van der Waals surface area contributed by atoms with Crippen LogP contribution in [-0.4, -0.2) is 32.9 Å². The molecule has 0 aliphatic carbocycles. The zero-order chi connectivity index (χ0) is 21.4. The van der Waals surface area contributed by atoms with E-state index in [0.29, 0.717) is 27.3 Å². The Labute approximate surface area is 189 Å². The van der Waals surface area contributed by atoms with Crippen molar-refractivity contribution in [2.45, 2.75) is 6.92 Å². The quantitative estimate of drug-likeness (QED) is 0.317. The van der Waals surface area contributed by atoms with Crippen molar-refractivity contribution in [1.29, 1.82) is 0 Å². The van der Waals surface area contributed by atoms with Crippen LogP contribution < -0.4 is 4.74 Å². The molecule has 4 aromatic rings. The van der Waals surface area contributed by atoms with Crippen molar-refractivity contribution in [2.24, 2.45) is 4.99 Å². The first kappa shape index (κ1) is 20.4. The Kier molecular flexibility index (Phi) is 5.53. The molecule has 0 radical (unpaired) electrons. The molecule has 0 fully saturated rings. The third-order valence-electron chi connectivity index (χ3n) is 4.59. The fourth-order valence-electron chi connectivity index (χ4n) is 3.09. The van der Waals surface area contributed by atoms with E-state index in [4.69, 9.17) is 9.72 Å². The largest absolute Gasteiger partial charge is 0.506 e. The summed E-state index contributed by atoms with van der Waals surface area (Å²) in [6.45, 7) is 2.00. The number of methoxy groups -OCH3 is 1. The molecule has 6 nitrogen and oxygen atoms in total. The number of imidazole rings is 1. The lowest BCUT2D eigenvalue weighted by Crippen LogP contribution is -1.88. The van der Waals surface area contributed by atoms with Crippen LogP contribution in [0.3, 0.4) is 0 Å². The average Bonchev–Trinajstić information content (AvgIpc) is 3.07. The molecular formula is C22H17Br2N3O3. The van der Waals surface area contributed by atoms with E-state index >= 15 is 0 Å². The van der Waals surface area contributed by atoms with E-state index < -0.39 is 0 Å². The molecule has 0 bridgehead atoms. The van der Waals surface area contributed by atoms with Gasteiger partial charge in [0.2, 0.25) is 0 Å². The number of fused-ring (bicyclic) bond motifs is 1. The molecule has 2 aromatic heterocycles. The maximum Gasteiger partial charge on any atom is 0.165 e. The van der Waals surface area contributed by atoms with Gasteiger partial charge >= 0.3 is 0 Å². The van der Waals surface area contributed by atoms with Crippen LogP contribution in [-0.2, 0) is 0 Å². The number of hydrogen-bond donors (Lipinski definition) is 2. The topological polar surface area (TPSA) is 79.4 Å². The van der Waals surface area contributed by atoms with Crippen molar-refractivity contribution < 1.29 is 14.9 Å². The summed E-state index contributed by atoms with van der Waals surface area (Å²) in [6.07, 6.45) is 3.50. The minimum Gasteiger partial charge on any atom is -0.506 e. The van der Waals surface area contributed by atoms with E-state index in [0.717, 1.165) is 21.2 Å². The summed E-state index contributed by atoms with van der Waals surface area (Å²) in [5.41, 5.74) is 3.74. The molecule has 2 heterocycles. The van der Waals surface area contributed by atoms with Gasteiger partial charge in [0, 0.05) is 28.0 Å². The highest BCUT2D eigenvalue weighted by Gasteiger charge is 2.16. The van der Waals surface area contributed by atoms with Gasteiger partial charge in [-0.15, -0.1) is 0 Å². The summed E-state index contributed by atoms with van der Waals surface area (Å²) in [5.74, 6) is 1.09. The van der Waals surface area contributed by atoms with Crippen LogP contribution in [0.1, 0.15) is 11.1 Å². The molecular weight excluding hydrogens is 514 g/mol. The minimum absolute atomic E-state index is 0.0508. The number of ether oxygens (including phenoxy) is 1. The number of aromatic hydroxyl groups is 2. The van der Waals surface area contributed by atoms with Gasteiger partial charge in [-0.1, -0.05) is 15.9 Å². The van der Waals surface area contributed by atoms with Gasteiger partial charge in [-0.05, 0) is 70.9 Å². The maximum atomic E-state index is 10.4. The SMILES string of the molecule is COc1cc(-c2nc3cc(C)ccn3c2N=Cc2cc(Br)cc(Br)c2O)ccc1O. The monoisotopic (exact) mass is 529 g/mol. The second kappa shape index (κ2) is 8.12. The molecule has 2 N–H and O–H groups in total. The van der Waals surface area contributed by atoms with Gasteiger partial charge in [0.1, 0.15) is 17.1 Å². The molecule has 4 rings (SSSR count). The van der Waals surface area contributed by atoms with Gasteiger partial charge in [0.15, 0.2) is 17.3 Å². The van der Waals surface area contributed by atoms with Gasteiger partial charge < -0.3 is 14.9 Å². The van der Waals surface area contributed by atoms with Gasteiger partial charge in [0.05, 0.1) is 11.6 Å². The van der Waals surface area contributed by atoms with E-state index in [1.54, 1.807) is 36.5 Å². The zero-order valence-corrected chi connectivity index (χ0v) is 19.3. The average molecular weight is 531 g/mol. The third kappa shape index (κ3) is 3.80. The molecule has 0 atom stereocenters. The molecule has 0 aliphatic heterocycles. The standard InChI is InChI=1S/C22H17Br2N3O3/c1-12-5-6-27-19(7-12)26-20(13-3-4-17(28)18(9-13)30-2)22(27)25-11-14-8-15(23)10-16(24)21(14)29/h3-11,28-29H,1-2H3. The Balaban J connectivity index is 1.91. The number of hydrogen-bond acceptors (Lipinski definition) is 5. The summed E-state index contributed by atoms with van der Waals surface area (Å²) in [4.78, 5) is 9.41. The second-order valence-corrected chi connectivity index (χ2v) is 8.46. The molecule has 0 saturated heterocycles. The molecule has 152 valence electrons. The van der Waals surface area contributed by atoms with Crippen LogP contribution >= 0.6 is 31.9 Å². The molecule has 0 aliphatic rings. The Hall–Kier alpha value is -2.84. The maximum absolute atomic E-state index is 10.4. The summed E-state index contributed by atoms with van der Waals surface area (Å²) >= 11 is 6.77. The van der Waals surface area contributed by atoms with E-state index in [-0.39, 0.29) is 11.5 Å². The number of aryl methyl sites for hydroxylation is 1. The number of phenolic OH excluding ortho intramolecular Hbond substituents is 2. The lowest BCUT2D eigenvalue weighted by Gasteiger charge is -2.06. The van der Waals surface area contributed by atoms with Gasteiger partial charge in [0.25, 0.3) is 0 Å². The first-order chi connectivity index (χ1) is 14.4. The second-order valence-electron chi connectivity index (χ2n) is 6.69. The summed E-state index contributed by atoms with van der Waals surface area (Å²) in [6, 6.07) is 12.5. The fraction of sp³-hybridized carbons (Fsp3) is 0.0909. The van der Waals surface area contributed by atoms with Gasteiger partial charge in [-0.3, -0.25) is 4.40 Å². The van der Waals surface area contributed by atoms with Crippen molar-refractivity contribution in [2.75, 3.05) is 7.11 Å². The number of pyridine rings is 1. The molecule has 0 unspecified atom stereocenters. The summed E-state index contributed by atoms with van der Waals surface area (Å²) in [5, 5.41) is 20.3. The lowest BCUT2D eigenvalue weighted by molar-refractivity contribution is 0.373. The molecule has 0 spiro atoms. The Morgan fingerprint density at radius 1 is 1.10 bits per heavy atom. The van der Waals surface area contributed by atoms with Crippen molar-refractivity contribution >= 4 is 49.5 Å².